The Kier molecular flexibility index (Phi) is 6.01. The fourth-order valence-electron chi connectivity index (χ4n) is 1.79. The Morgan fingerprint density at radius 2 is 1.56 bits per heavy atom. The van der Waals surface area contributed by atoms with Crippen molar-refractivity contribution in [3.63, 3.8) is 0 Å². The number of alkyl halides is 6. The van der Waals surface area contributed by atoms with Gasteiger partial charge in [-0.25, -0.2) is 4.79 Å². The third kappa shape index (κ3) is 5.66. The summed E-state index contributed by atoms with van der Waals surface area (Å²) in [6.45, 7) is 0. The standard InChI is InChI=1S/C14H10F6N2O3/c15-13(16,17)8-4-7(5-9(6-8)14(18,19)20)11(23)22-10(12(24)25)2-1-3-21/h4-6,10H,1-2H2,(H,22,23)(H,24,25)/t10-/m1/s1. The first-order valence-electron chi connectivity index (χ1n) is 6.56. The highest BCUT2D eigenvalue weighted by atomic mass is 19.4. The third-order valence-electron chi connectivity index (χ3n) is 3.00. The van der Waals surface area contributed by atoms with Crippen LogP contribution in [0.1, 0.15) is 34.3 Å². The Labute approximate surface area is 136 Å². The second-order valence-corrected chi connectivity index (χ2v) is 4.86. The molecular formula is C14H10F6N2O3. The number of amides is 1. The maximum Gasteiger partial charge on any atom is 0.416 e. The maximum atomic E-state index is 12.7. The van der Waals surface area contributed by atoms with Crippen molar-refractivity contribution >= 4 is 11.9 Å². The molecule has 0 aromatic heterocycles. The molecule has 0 saturated heterocycles. The highest BCUT2D eigenvalue weighted by Gasteiger charge is 2.37. The van der Waals surface area contributed by atoms with Crippen LogP contribution in [0.4, 0.5) is 26.3 Å². The molecule has 0 heterocycles. The molecule has 1 atom stereocenters. The zero-order chi connectivity index (χ0) is 19.4. The highest BCUT2D eigenvalue weighted by molar-refractivity contribution is 5.97. The predicted molar refractivity (Wildman–Crippen MR) is 70.2 cm³/mol. The van der Waals surface area contributed by atoms with E-state index >= 15 is 0 Å². The van der Waals surface area contributed by atoms with E-state index in [2.05, 4.69) is 0 Å². The number of halogens is 6. The minimum atomic E-state index is -5.14. The molecule has 0 aliphatic carbocycles. The van der Waals surface area contributed by atoms with Gasteiger partial charge in [-0.2, -0.15) is 31.6 Å². The van der Waals surface area contributed by atoms with Gasteiger partial charge in [0.2, 0.25) is 0 Å². The van der Waals surface area contributed by atoms with Gasteiger partial charge in [-0.3, -0.25) is 4.79 Å². The lowest BCUT2D eigenvalue weighted by Gasteiger charge is -2.16. The maximum absolute atomic E-state index is 12.7. The summed E-state index contributed by atoms with van der Waals surface area (Å²) >= 11 is 0. The summed E-state index contributed by atoms with van der Waals surface area (Å²) in [7, 11) is 0. The van der Waals surface area contributed by atoms with Crippen molar-refractivity contribution in [2.45, 2.75) is 31.2 Å². The minimum Gasteiger partial charge on any atom is -0.480 e. The molecule has 0 aliphatic heterocycles. The first-order chi connectivity index (χ1) is 11.4. The van der Waals surface area contributed by atoms with Crippen molar-refractivity contribution in [3.8, 4) is 6.07 Å². The van der Waals surface area contributed by atoms with E-state index in [-0.39, 0.29) is 31.0 Å². The molecule has 1 amide bonds. The Hall–Kier alpha value is -2.77. The van der Waals surface area contributed by atoms with Crippen LogP contribution in [-0.4, -0.2) is 23.0 Å². The number of hydrogen-bond donors (Lipinski definition) is 2. The number of nitrogens with zero attached hydrogens (tertiary/aromatic N) is 1. The molecule has 11 heteroatoms. The Bertz CT molecular complexity index is 674. The lowest BCUT2D eigenvalue weighted by Crippen LogP contribution is -2.40. The first kappa shape index (κ1) is 20.3. The number of carbonyl (C=O) groups is 2. The van der Waals surface area contributed by atoms with Gasteiger partial charge in [0.1, 0.15) is 6.04 Å². The highest BCUT2D eigenvalue weighted by Crippen LogP contribution is 2.36. The number of nitriles is 1. The summed E-state index contributed by atoms with van der Waals surface area (Å²) in [5.74, 6) is -3.01. The summed E-state index contributed by atoms with van der Waals surface area (Å²) in [4.78, 5) is 22.8. The molecule has 1 rings (SSSR count). The van der Waals surface area contributed by atoms with Crippen molar-refractivity contribution in [3.05, 3.63) is 34.9 Å². The number of carboxylic acids is 1. The van der Waals surface area contributed by atoms with Crippen LogP contribution < -0.4 is 5.32 Å². The number of carbonyl (C=O) groups excluding carboxylic acids is 1. The average molecular weight is 368 g/mol. The van der Waals surface area contributed by atoms with Crippen molar-refractivity contribution in [1.29, 1.82) is 5.26 Å². The molecule has 0 fully saturated rings. The molecule has 136 valence electrons. The van der Waals surface area contributed by atoms with Crippen LogP contribution in [0, 0.1) is 11.3 Å². The zero-order valence-electron chi connectivity index (χ0n) is 12.2. The smallest absolute Gasteiger partial charge is 0.416 e. The van der Waals surface area contributed by atoms with Crippen molar-refractivity contribution in [2.75, 3.05) is 0 Å². The van der Waals surface area contributed by atoms with Gasteiger partial charge in [-0.1, -0.05) is 0 Å². The number of hydrogen-bond acceptors (Lipinski definition) is 3. The number of carboxylic acid groups (broad SMARTS) is 1. The molecule has 0 aliphatic rings. The van der Waals surface area contributed by atoms with E-state index in [4.69, 9.17) is 10.4 Å². The summed E-state index contributed by atoms with van der Waals surface area (Å²) in [5.41, 5.74) is -4.39. The Balaban J connectivity index is 3.24. The van der Waals surface area contributed by atoms with E-state index in [0.29, 0.717) is 0 Å². The van der Waals surface area contributed by atoms with Crippen LogP contribution in [0.3, 0.4) is 0 Å². The molecule has 5 nitrogen and oxygen atoms in total. The summed E-state index contributed by atoms with van der Waals surface area (Å²) in [5, 5.41) is 19.1. The van der Waals surface area contributed by atoms with Crippen LogP contribution in [0.15, 0.2) is 18.2 Å². The molecular weight excluding hydrogens is 358 g/mol. The van der Waals surface area contributed by atoms with Gasteiger partial charge in [0.15, 0.2) is 0 Å². The van der Waals surface area contributed by atoms with Crippen LogP contribution in [0.25, 0.3) is 0 Å². The van der Waals surface area contributed by atoms with Gasteiger partial charge in [0, 0.05) is 12.0 Å². The first-order valence-corrected chi connectivity index (χ1v) is 6.56. The van der Waals surface area contributed by atoms with Crippen molar-refractivity contribution in [2.24, 2.45) is 0 Å². The molecule has 0 spiro atoms. The lowest BCUT2D eigenvalue weighted by atomic mass is 10.0. The molecule has 1 aromatic carbocycles. The number of benzene rings is 1. The molecule has 0 saturated carbocycles. The Morgan fingerprint density at radius 3 is 1.92 bits per heavy atom. The number of nitrogens with one attached hydrogen (secondary N) is 1. The van der Waals surface area contributed by atoms with Crippen LogP contribution in [-0.2, 0) is 17.1 Å². The van der Waals surface area contributed by atoms with E-state index in [1.165, 1.54) is 0 Å². The SMILES string of the molecule is N#CCC[C@@H](NC(=O)c1cc(C(F)(F)F)cc(C(F)(F)F)c1)C(=O)O. The van der Waals surface area contributed by atoms with E-state index in [1.54, 1.807) is 11.4 Å². The summed E-state index contributed by atoms with van der Waals surface area (Å²) in [6, 6.07) is 0.208. The molecule has 2 N–H and O–H groups in total. The molecule has 25 heavy (non-hydrogen) atoms. The van der Waals surface area contributed by atoms with Crippen LogP contribution in [0.2, 0.25) is 0 Å². The monoisotopic (exact) mass is 368 g/mol. The summed E-state index contributed by atoms with van der Waals surface area (Å²) < 4.78 is 76.4. The quantitative estimate of drug-likeness (QED) is 0.781. The van der Waals surface area contributed by atoms with Crippen LogP contribution in [0.5, 0.6) is 0 Å². The normalized spacial score (nSPS) is 13.0. The van der Waals surface area contributed by atoms with Crippen molar-refractivity contribution < 1.29 is 41.0 Å². The second-order valence-electron chi connectivity index (χ2n) is 4.86. The second kappa shape index (κ2) is 7.42. The molecule has 0 radical (unpaired) electrons. The van der Waals surface area contributed by atoms with Gasteiger partial charge in [0.25, 0.3) is 5.91 Å². The van der Waals surface area contributed by atoms with Gasteiger partial charge in [0.05, 0.1) is 17.2 Å². The number of rotatable bonds is 5. The fourth-order valence-corrected chi connectivity index (χ4v) is 1.79. The van der Waals surface area contributed by atoms with E-state index < -0.39 is 47.0 Å². The number of aliphatic carboxylic acids is 1. The van der Waals surface area contributed by atoms with E-state index in [0.717, 1.165) is 0 Å². The predicted octanol–water partition coefficient (Wildman–Crippen LogP) is 3.21. The molecule has 0 unspecified atom stereocenters. The third-order valence-corrected chi connectivity index (χ3v) is 3.00. The van der Waals surface area contributed by atoms with E-state index in [9.17, 15) is 35.9 Å². The van der Waals surface area contributed by atoms with Crippen LogP contribution >= 0.6 is 0 Å². The molecule has 1 aromatic rings. The minimum absolute atomic E-state index is 0.152. The largest absolute Gasteiger partial charge is 0.480 e. The average Bonchev–Trinajstić information content (AvgIpc) is 2.48. The van der Waals surface area contributed by atoms with Gasteiger partial charge in [-0.15, -0.1) is 0 Å². The van der Waals surface area contributed by atoms with Gasteiger partial charge >= 0.3 is 18.3 Å². The van der Waals surface area contributed by atoms with Gasteiger partial charge < -0.3 is 10.4 Å². The zero-order valence-corrected chi connectivity index (χ0v) is 12.2. The summed E-state index contributed by atoms with van der Waals surface area (Å²) in [6.07, 6.45) is -10.9. The Morgan fingerprint density at radius 1 is 1.08 bits per heavy atom. The van der Waals surface area contributed by atoms with Crippen molar-refractivity contribution in [1.82, 2.24) is 5.32 Å². The molecule has 0 bridgehead atoms. The topological polar surface area (TPSA) is 90.2 Å². The van der Waals surface area contributed by atoms with E-state index in [1.807, 2.05) is 0 Å². The lowest BCUT2D eigenvalue weighted by molar-refractivity contribution is -0.143. The van der Waals surface area contributed by atoms with Gasteiger partial charge in [-0.05, 0) is 24.6 Å². The fraction of sp³-hybridized carbons (Fsp3) is 0.357.